The van der Waals surface area contributed by atoms with Crippen LogP contribution >= 0.6 is 0 Å². The molecule has 6 aromatic carbocycles. The minimum atomic E-state index is -2.34. The van der Waals surface area contributed by atoms with Crippen LogP contribution in [-0.4, -0.2) is 19.6 Å². The van der Waals surface area contributed by atoms with Crippen LogP contribution in [0.3, 0.4) is 0 Å². The van der Waals surface area contributed by atoms with Crippen molar-refractivity contribution < 1.29 is 13.3 Å². The van der Waals surface area contributed by atoms with Gasteiger partial charge >= 0.3 is 0 Å². The first kappa shape index (κ1) is 33.6. The number of aromatic hydroxyl groups is 1. The quantitative estimate of drug-likeness (QED) is 0.182. The van der Waals surface area contributed by atoms with Crippen molar-refractivity contribution >= 4 is 11.0 Å². The molecule has 0 saturated heterocycles. The van der Waals surface area contributed by atoms with Gasteiger partial charge in [-0.05, 0) is 112 Å². The van der Waals surface area contributed by atoms with Gasteiger partial charge in [-0.2, -0.15) is 0 Å². The standard InChI is InChI=1S/C56H57N3O/c1-35-20-23-37(24-21-35)39-26-27-57-48(32-39)41-29-40(30-42(31-41)54(3,4)5)44-18-15-19-50-51(44)58-53(46-33-43(55(6,7)8)34-47(52(46)60)56(9,10)11)59(50)49-25-22-36(2)28-45(49)38-16-13-12-14-17-38/h12-34,60H,1-11H3/i1D3,2D3. The van der Waals surface area contributed by atoms with Crippen LogP contribution in [0.2, 0.25) is 0 Å². The van der Waals surface area contributed by atoms with Gasteiger partial charge < -0.3 is 5.11 Å². The van der Waals surface area contributed by atoms with Gasteiger partial charge in [0.05, 0.1) is 28.0 Å². The molecule has 0 radical (unpaired) electrons. The molecule has 302 valence electrons. The average molecular weight is 794 g/mol. The van der Waals surface area contributed by atoms with Gasteiger partial charge in [0.25, 0.3) is 0 Å². The Morgan fingerprint density at radius 1 is 0.517 bits per heavy atom. The van der Waals surface area contributed by atoms with Crippen LogP contribution in [0.25, 0.3) is 72.7 Å². The number of nitrogens with zero attached hydrogens (tertiary/aromatic N) is 3. The lowest BCUT2D eigenvalue weighted by atomic mass is 9.79. The molecule has 0 atom stereocenters. The predicted molar refractivity (Wildman–Crippen MR) is 253 cm³/mol. The summed E-state index contributed by atoms with van der Waals surface area (Å²) in [5, 5.41) is 12.5. The molecule has 2 heterocycles. The maximum Gasteiger partial charge on any atom is 0.149 e. The van der Waals surface area contributed by atoms with Crippen LogP contribution in [0.15, 0.2) is 140 Å². The third-order valence-electron chi connectivity index (χ3n) is 11.4. The fraction of sp³-hybridized carbons (Fsp3) is 0.250. The van der Waals surface area contributed by atoms with Crippen molar-refractivity contribution in [1.82, 2.24) is 14.5 Å². The molecule has 0 unspecified atom stereocenters. The second-order valence-corrected chi connectivity index (χ2v) is 19.0. The number of phenols is 1. The fourth-order valence-electron chi connectivity index (χ4n) is 7.94. The van der Waals surface area contributed by atoms with Crippen molar-refractivity contribution in [2.24, 2.45) is 0 Å². The number of hydrogen-bond donors (Lipinski definition) is 1. The lowest BCUT2D eigenvalue weighted by molar-refractivity contribution is 0.446. The summed E-state index contributed by atoms with van der Waals surface area (Å²) in [6, 6.07) is 42.9. The van der Waals surface area contributed by atoms with E-state index in [4.69, 9.17) is 18.2 Å². The van der Waals surface area contributed by atoms with Gasteiger partial charge in [0.1, 0.15) is 11.6 Å². The van der Waals surface area contributed by atoms with E-state index in [2.05, 4.69) is 103 Å². The molecule has 60 heavy (non-hydrogen) atoms. The van der Waals surface area contributed by atoms with Gasteiger partial charge in [0, 0.05) is 36.7 Å². The van der Waals surface area contributed by atoms with Gasteiger partial charge in [0.2, 0.25) is 0 Å². The molecule has 0 saturated carbocycles. The molecular formula is C56H57N3O. The zero-order chi connectivity index (χ0) is 47.7. The molecule has 4 nitrogen and oxygen atoms in total. The van der Waals surface area contributed by atoms with Gasteiger partial charge in [-0.1, -0.05) is 158 Å². The van der Waals surface area contributed by atoms with Crippen molar-refractivity contribution in [1.29, 1.82) is 0 Å². The maximum atomic E-state index is 12.5. The summed E-state index contributed by atoms with van der Waals surface area (Å²) in [6.45, 7) is 14.8. The SMILES string of the molecule is [2H]C([2H])([2H])c1ccc(-c2ccnc(-c3cc(-c4cccc5c4nc(-c4cc(C(C)(C)C)cc(C(C)(C)C)c4O)n5-c4ccc(C([2H])([2H])[2H])cc4-c4ccccc4)cc(C(C)(C)C)c3)c2)cc1. The van der Waals surface area contributed by atoms with Crippen molar-refractivity contribution in [2.75, 3.05) is 0 Å². The normalized spacial score (nSPS) is 14.2. The molecule has 0 aliphatic carbocycles. The Balaban J connectivity index is 1.43. The third kappa shape index (κ3) is 7.79. The topological polar surface area (TPSA) is 50.9 Å². The smallest absolute Gasteiger partial charge is 0.149 e. The fourth-order valence-corrected chi connectivity index (χ4v) is 7.94. The summed E-state index contributed by atoms with van der Waals surface area (Å²) in [5.74, 6) is 0.668. The number of fused-ring (bicyclic) bond motifs is 1. The van der Waals surface area contributed by atoms with Gasteiger partial charge in [-0.3, -0.25) is 9.55 Å². The van der Waals surface area contributed by atoms with Crippen molar-refractivity contribution in [3.05, 3.63) is 167 Å². The van der Waals surface area contributed by atoms with E-state index in [0.29, 0.717) is 28.0 Å². The lowest BCUT2D eigenvalue weighted by Crippen LogP contribution is -2.17. The second-order valence-electron chi connectivity index (χ2n) is 19.0. The molecular weight excluding hydrogens is 731 g/mol. The number of rotatable bonds is 6. The molecule has 1 N–H and O–H groups in total. The molecule has 0 aliphatic heterocycles. The molecule has 0 fully saturated rings. The number of imidazole rings is 1. The molecule has 0 spiro atoms. The van der Waals surface area contributed by atoms with Gasteiger partial charge in [-0.15, -0.1) is 0 Å². The van der Waals surface area contributed by atoms with Crippen LogP contribution in [0.1, 0.15) is 98.4 Å². The first-order valence-electron chi connectivity index (χ1n) is 23.6. The zero-order valence-electron chi connectivity index (χ0n) is 42.1. The Labute approximate surface area is 365 Å². The summed E-state index contributed by atoms with van der Waals surface area (Å²) in [6.07, 6.45) is 1.78. The van der Waals surface area contributed by atoms with Crippen LogP contribution in [0.5, 0.6) is 5.75 Å². The number of phenolic OH excluding ortho intramolecular Hbond substituents is 1. The molecule has 8 aromatic rings. The number of benzene rings is 6. The maximum absolute atomic E-state index is 12.5. The van der Waals surface area contributed by atoms with E-state index in [1.807, 2.05) is 72.8 Å². The highest BCUT2D eigenvalue weighted by atomic mass is 16.3. The number of hydrogen-bond acceptors (Lipinski definition) is 3. The van der Waals surface area contributed by atoms with E-state index in [1.54, 1.807) is 30.5 Å². The van der Waals surface area contributed by atoms with Crippen LogP contribution in [-0.2, 0) is 16.2 Å². The van der Waals surface area contributed by atoms with E-state index < -0.39 is 19.1 Å². The molecule has 0 bridgehead atoms. The van der Waals surface area contributed by atoms with Crippen molar-refractivity contribution in [2.45, 2.75) is 92.3 Å². The summed E-state index contributed by atoms with van der Waals surface area (Å²) in [5.41, 5.74) is 12.2. The highest BCUT2D eigenvalue weighted by Crippen LogP contribution is 2.46. The molecule has 8 rings (SSSR count). The van der Waals surface area contributed by atoms with Gasteiger partial charge in [0.15, 0.2) is 0 Å². The number of aryl methyl sites for hydroxylation is 2. The highest BCUT2D eigenvalue weighted by Gasteiger charge is 2.29. The molecule has 2 aromatic heterocycles. The highest BCUT2D eigenvalue weighted by molar-refractivity contribution is 5.98. The minimum absolute atomic E-state index is 0.144. The Hall–Kier alpha value is -6.26. The number of para-hydroxylation sites is 1. The van der Waals surface area contributed by atoms with Crippen molar-refractivity contribution in [3.63, 3.8) is 0 Å². The Kier molecular flexibility index (Phi) is 8.44. The van der Waals surface area contributed by atoms with E-state index in [9.17, 15) is 5.11 Å². The van der Waals surface area contributed by atoms with Gasteiger partial charge in [-0.25, -0.2) is 4.98 Å². The summed E-state index contributed by atoms with van der Waals surface area (Å²) < 4.78 is 50.7. The minimum Gasteiger partial charge on any atom is -0.507 e. The first-order chi connectivity index (χ1) is 30.8. The summed E-state index contributed by atoms with van der Waals surface area (Å²) in [7, 11) is 0. The Bertz CT molecular complexity index is 3110. The molecule has 4 heteroatoms. The zero-order valence-corrected chi connectivity index (χ0v) is 36.1. The second kappa shape index (κ2) is 15.1. The Morgan fingerprint density at radius 2 is 1.20 bits per heavy atom. The molecule has 0 amide bonds. The predicted octanol–water partition coefficient (Wildman–Crippen LogP) is 15.0. The van der Waals surface area contributed by atoms with E-state index in [-0.39, 0.29) is 22.1 Å². The van der Waals surface area contributed by atoms with E-state index in [0.717, 1.165) is 67.0 Å². The van der Waals surface area contributed by atoms with E-state index >= 15 is 0 Å². The lowest BCUT2D eigenvalue weighted by Gasteiger charge is -2.27. The Morgan fingerprint density at radius 3 is 1.88 bits per heavy atom. The van der Waals surface area contributed by atoms with E-state index in [1.165, 1.54) is 0 Å². The number of pyridine rings is 1. The first-order valence-corrected chi connectivity index (χ1v) is 20.6. The van der Waals surface area contributed by atoms with Crippen LogP contribution in [0.4, 0.5) is 0 Å². The summed E-state index contributed by atoms with van der Waals surface area (Å²) in [4.78, 5) is 10.4. The van der Waals surface area contributed by atoms with Crippen LogP contribution < -0.4 is 0 Å². The number of aromatic nitrogens is 3. The van der Waals surface area contributed by atoms with Crippen LogP contribution in [0, 0.1) is 13.7 Å². The third-order valence-corrected chi connectivity index (χ3v) is 11.4. The molecule has 0 aliphatic rings. The largest absolute Gasteiger partial charge is 0.507 e. The monoisotopic (exact) mass is 793 g/mol. The van der Waals surface area contributed by atoms with Crippen molar-refractivity contribution in [3.8, 4) is 67.5 Å². The summed E-state index contributed by atoms with van der Waals surface area (Å²) >= 11 is 0. The average Bonchev–Trinajstić information content (AvgIpc) is 3.64.